The Labute approximate surface area is 164 Å². The maximum absolute atomic E-state index is 12.3. The molecule has 3 aromatic rings. The van der Waals surface area contributed by atoms with Gasteiger partial charge in [-0.1, -0.05) is 6.07 Å². The molecule has 0 aliphatic rings. The second-order valence-electron chi connectivity index (χ2n) is 5.64. The van der Waals surface area contributed by atoms with Crippen LogP contribution in [0.5, 0.6) is 0 Å². The minimum absolute atomic E-state index is 0.110. The molecule has 27 heavy (non-hydrogen) atoms. The summed E-state index contributed by atoms with van der Waals surface area (Å²) in [4.78, 5) is 37.4. The molecule has 138 valence electrons. The predicted molar refractivity (Wildman–Crippen MR) is 109 cm³/mol. The van der Waals surface area contributed by atoms with Gasteiger partial charge in [-0.25, -0.2) is 0 Å². The van der Waals surface area contributed by atoms with Crippen LogP contribution in [0.15, 0.2) is 53.9 Å². The molecule has 3 amide bonds. The molecule has 8 heteroatoms. The van der Waals surface area contributed by atoms with E-state index < -0.39 is 0 Å². The Bertz CT molecular complexity index is 947. The van der Waals surface area contributed by atoms with Gasteiger partial charge in [-0.05, 0) is 47.8 Å². The number of amides is 3. The number of hydrogen-bond donors (Lipinski definition) is 3. The van der Waals surface area contributed by atoms with Crippen molar-refractivity contribution in [2.24, 2.45) is 0 Å². The van der Waals surface area contributed by atoms with E-state index >= 15 is 0 Å². The van der Waals surface area contributed by atoms with Crippen LogP contribution in [0.3, 0.4) is 0 Å². The fraction of sp³-hybridized carbons (Fsp3) is 0.105. The standard InChI is InChI=1S/C19H17N3O3S2/c1-12(23)20-11-15-8-9-17(27-15)19(25)22-14-6-4-13(5-7-14)21-18(24)16-3-2-10-26-16/h2-10H,11H2,1H3,(H,20,23)(H,21,24)(H,22,25). The van der Waals surface area contributed by atoms with Gasteiger partial charge in [0.25, 0.3) is 11.8 Å². The van der Waals surface area contributed by atoms with E-state index in [9.17, 15) is 14.4 Å². The number of rotatable bonds is 6. The van der Waals surface area contributed by atoms with Crippen LogP contribution in [-0.2, 0) is 11.3 Å². The highest BCUT2D eigenvalue weighted by Gasteiger charge is 2.11. The van der Waals surface area contributed by atoms with Crippen molar-refractivity contribution in [1.29, 1.82) is 0 Å². The third-order valence-electron chi connectivity index (χ3n) is 3.54. The van der Waals surface area contributed by atoms with Gasteiger partial charge >= 0.3 is 0 Å². The Morgan fingerprint density at radius 2 is 1.48 bits per heavy atom. The van der Waals surface area contributed by atoms with E-state index in [4.69, 9.17) is 0 Å². The molecule has 2 heterocycles. The van der Waals surface area contributed by atoms with E-state index in [0.29, 0.717) is 27.7 Å². The van der Waals surface area contributed by atoms with Gasteiger partial charge in [0, 0.05) is 23.2 Å². The molecule has 1 aromatic carbocycles. The lowest BCUT2D eigenvalue weighted by atomic mass is 10.2. The van der Waals surface area contributed by atoms with Crippen LogP contribution in [0.4, 0.5) is 11.4 Å². The molecular weight excluding hydrogens is 382 g/mol. The first kappa shape index (κ1) is 18.8. The summed E-state index contributed by atoms with van der Waals surface area (Å²) in [5.74, 6) is -0.489. The lowest BCUT2D eigenvalue weighted by molar-refractivity contribution is -0.119. The van der Waals surface area contributed by atoms with Crippen molar-refractivity contribution in [1.82, 2.24) is 5.32 Å². The Morgan fingerprint density at radius 3 is 2.04 bits per heavy atom. The summed E-state index contributed by atoms with van der Waals surface area (Å²) in [6.07, 6.45) is 0. The van der Waals surface area contributed by atoms with E-state index in [0.717, 1.165) is 4.88 Å². The number of thiophene rings is 2. The molecule has 6 nitrogen and oxygen atoms in total. The molecule has 0 fully saturated rings. The largest absolute Gasteiger partial charge is 0.351 e. The van der Waals surface area contributed by atoms with Crippen LogP contribution in [-0.4, -0.2) is 17.7 Å². The number of hydrogen-bond acceptors (Lipinski definition) is 5. The minimum Gasteiger partial charge on any atom is -0.351 e. The summed E-state index contributed by atoms with van der Waals surface area (Å²) < 4.78 is 0. The highest BCUT2D eigenvalue weighted by molar-refractivity contribution is 7.14. The van der Waals surface area contributed by atoms with Crippen LogP contribution >= 0.6 is 22.7 Å². The Kier molecular flexibility index (Phi) is 6.00. The SMILES string of the molecule is CC(=O)NCc1ccc(C(=O)Nc2ccc(NC(=O)c3cccs3)cc2)s1. The monoisotopic (exact) mass is 399 g/mol. The summed E-state index contributed by atoms with van der Waals surface area (Å²) in [7, 11) is 0. The molecule has 0 saturated carbocycles. The van der Waals surface area contributed by atoms with Gasteiger partial charge in [0.15, 0.2) is 0 Å². The fourth-order valence-corrected chi connectivity index (χ4v) is 3.70. The maximum atomic E-state index is 12.3. The third kappa shape index (κ3) is 5.25. The van der Waals surface area contributed by atoms with Gasteiger partial charge in [0.05, 0.1) is 16.3 Å². The lowest BCUT2D eigenvalue weighted by Crippen LogP contribution is -2.18. The molecular formula is C19H17N3O3S2. The van der Waals surface area contributed by atoms with Crippen molar-refractivity contribution < 1.29 is 14.4 Å². The van der Waals surface area contributed by atoms with Gasteiger partial charge in [-0.3, -0.25) is 14.4 Å². The number of carbonyl (C=O) groups is 3. The number of benzene rings is 1. The van der Waals surface area contributed by atoms with Gasteiger partial charge in [0.1, 0.15) is 0 Å². The average Bonchev–Trinajstić information content (AvgIpc) is 3.33. The maximum Gasteiger partial charge on any atom is 0.265 e. The number of anilines is 2. The Balaban J connectivity index is 1.57. The second-order valence-corrected chi connectivity index (χ2v) is 7.75. The first-order valence-corrected chi connectivity index (χ1v) is 9.80. The van der Waals surface area contributed by atoms with E-state index in [1.165, 1.54) is 29.6 Å². The molecule has 3 N–H and O–H groups in total. The molecule has 0 unspecified atom stereocenters. The van der Waals surface area contributed by atoms with Crippen molar-refractivity contribution in [2.45, 2.75) is 13.5 Å². The van der Waals surface area contributed by atoms with Crippen LogP contribution in [0.1, 0.15) is 31.1 Å². The Hall–Kier alpha value is -2.97. The average molecular weight is 399 g/mol. The summed E-state index contributed by atoms with van der Waals surface area (Å²) in [6.45, 7) is 1.86. The van der Waals surface area contributed by atoms with E-state index in [2.05, 4.69) is 16.0 Å². The van der Waals surface area contributed by atoms with E-state index in [1.807, 2.05) is 17.5 Å². The summed E-state index contributed by atoms with van der Waals surface area (Å²) in [5, 5.41) is 10.2. The molecule has 0 spiro atoms. The van der Waals surface area contributed by atoms with Crippen molar-refractivity contribution in [3.05, 3.63) is 68.5 Å². The van der Waals surface area contributed by atoms with Crippen molar-refractivity contribution in [3.8, 4) is 0 Å². The summed E-state index contributed by atoms with van der Waals surface area (Å²) >= 11 is 2.70. The third-order valence-corrected chi connectivity index (χ3v) is 5.50. The highest BCUT2D eigenvalue weighted by Crippen LogP contribution is 2.20. The summed E-state index contributed by atoms with van der Waals surface area (Å²) in [6, 6.07) is 14.1. The second kappa shape index (κ2) is 8.61. The summed E-state index contributed by atoms with van der Waals surface area (Å²) in [5.41, 5.74) is 1.28. The van der Waals surface area contributed by atoms with Crippen LogP contribution in [0.25, 0.3) is 0 Å². The van der Waals surface area contributed by atoms with Crippen LogP contribution < -0.4 is 16.0 Å². The van der Waals surface area contributed by atoms with E-state index in [-0.39, 0.29) is 17.7 Å². The highest BCUT2D eigenvalue weighted by atomic mass is 32.1. The zero-order valence-corrected chi connectivity index (χ0v) is 16.1. The molecule has 0 aliphatic carbocycles. The quantitative estimate of drug-likeness (QED) is 0.586. The van der Waals surface area contributed by atoms with Gasteiger partial charge in [-0.2, -0.15) is 0 Å². The topological polar surface area (TPSA) is 87.3 Å². The van der Waals surface area contributed by atoms with Crippen molar-refractivity contribution >= 4 is 51.8 Å². The Morgan fingerprint density at radius 1 is 0.852 bits per heavy atom. The van der Waals surface area contributed by atoms with Crippen molar-refractivity contribution in [3.63, 3.8) is 0 Å². The van der Waals surface area contributed by atoms with Crippen molar-refractivity contribution in [2.75, 3.05) is 10.6 Å². The van der Waals surface area contributed by atoms with E-state index in [1.54, 1.807) is 36.4 Å². The van der Waals surface area contributed by atoms with Crippen LogP contribution in [0, 0.1) is 0 Å². The molecule has 2 aromatic heterocycles. The molecule has 0 radical (unpaired) electrons. The minimum atomic E-state index is -0.218. The molecule has 0 atom stereocenters. The predicted octanol–water partition coefficient (Wildman–Crippen LogP) is 3.95. The molecule has 3 rings (SSSR count). The van der Waals surface area contributed by atoms with Gasteiger partial charge in [-0.15, -0.1) is 22.7 Å². The smallest absolute Gasteiger partial charge is 0.265 e. The zero-order valence-electron chi connectivity index (χ0n) is 14.4. The van der Waals surface area contributed by atoms with Crippen LogP contribution in [0.2, 0.25) is 0 Å². The first-order chi connectivity index (χ1) is 13.0. The van der Waals surface area contributed by atoms with Gasteiger partial charge in [0.2, 0.25) is 5.91 Å². The molecule has 0 aliphatic heterocycles. The number of carbonyl (C=O) groups excluding carboxylic acids is 3. The lowest BCUT2D eigenvalue weighted by Gasteiger charge is -2.07. The molecule has 0 saturated heterocycles. The molecule has 0 bridgehead atoms. The number of nitrogens with one attached hydrogen (secondary N) is 3. The normalized spacial score (nSPS) is 10.3. The first-order valence-electron chi connectivity index (χ1n) is 8.10. The fourth-order valence-electron chi connectivity index (χ4n) is 2.24. The van der Waals surface area contributed by atoms with Gasteiger partial charge < -0.3 is 16.0 Å². The zero-order chi connectivity index (χ0) is 19.2.